The number of H-pyrrole nitrogens is 1. The van der Waals surface area contributed by atoms with Crippen LogP contribution >= 0.6 is 0 Å². The molecule has 1 aromatic carbocycles. The molecule has 0 atom stereocenters. The molecule has 0 aliphatic rings. The first kappa shape index (κ1) is 21.6. The number of halogens is 1. The minimum atomic E-state index is -0.388. The van der Waals surface area contributed by atoms with Gasteiger partial charge >= 0.3 is 0 Å². The molecule has 7 heteroatoms. The van der Waals surface area contributed by atoms with Crippen molar-refractivity contribution in [1.29, 1.82) is 0 Å². The van der Waals surface area contributed by atoms with Gasteiger partial charge in [0.15, 0.2) is 0 Å². The van der Waals surface area contributed by atoms with Crippen LogP contribution in [0.5, 0.6) is 0 Å². The monoisotopic (exact) mass is 454 g/mol. The van der Waals surface area contributed by atoms with E-state index < -0.39 is 0 Å². The van der Waals surface area contributed by atoms with Crippen LogP contribution in [0, 0.1) is 19.7 Å². The Labute approximate surface area is 195 Å². The fourth-order valence-electron chi connectivity index (χ4n) is 4.44. The van der Waals surface area contributed by atoms with E-state index >= 15 is 0 Å². The highest BCUT2D eigenvalue weighted by Gasteiger charge is 2.19. The van der Waals surface area contributed by atoms with E-state index in [-0.39, 0.29) is 16.9 Å². The molecule has 6 nitrogen and oxygen atoms in total. The summed E-state index contributed by atoms with van der Waals surface area (Å²) in [7, 11) is 3.30. The van der Waals surface area contributed by atoms with Gasteiger partial charge in [-0.05, 0) is 43.7 Å². The zero-order valence-electron chi connectivity index (χ0n) is 19.3. The van der Waals surface area contributed by atoms with Gasteiger partial charge in [-0.1, -0.05) is 18.2 Å². The number of rotatable bonds is 3. The predicted molar refractivity (Wildman–Crippen MR) is 132 cm³/mol. The maximum atomic E-state index is 14.8. The molecule has 0 aliphatic heterocycles. The fourth-order valence-corrected chi connectivity index (χ4v) is 4.44. The summed E-state index contributed by atoms with van der Waals surface area (Å²) in [6, 6.07) is 13.8. The first-order chi connectivity index (χ1) is 16.2. The lowest BCUT2D eigenvalue weighted by Gasteiger charge is -2.14. The summed E-state index contributed by atoms with van der Waals surface area (Å²) in [6.45, 7) is 3.84. The Hall–Kier alpha value is -4.26. The minimum absolute atomic E-state index is 0.191. The molecule has 0 bridgehead atoms. The first-order valence-corrected chi connectivity index (χ1v) is 10.9. The number of aromatic amines is 1. The molecule has 0 fully saturated rings. The molecule has 0 radical (unpaired) electrons. The van der Waals surface area contributed by atoms with Crippen molar-refractivity contribution < 1.29 is 4.39 Å². The summed E-state index contributed by atoms with van der Waals surface area (Å²) in [5.74, 6) is -0.388. The fraction of sp³-hybridized carbons (Fsp3) is 0.148. The molecule has 5 rings (SSSR count). The first-order valence-electron chi connectivity index (χ1n) is 10.9. The number of nitrogens with one attached hydrogen (secondary N) is 1. The van der Waals surface area contributed by atoms with E-state index in [1.807, 2.05) is 32.0 Å². The third-order valence-corrected chi connectivity index (χ3v) is 6.04. The van der Waals surface area contributed by atoms with Crippen LogP contribution in [0.2, 0.25) is 0 Å². The van der Waals surface area contributed by atoms with Crippen molar-refractivity contribution in [3.63, 3.8) is 0 Å². The molecular formula is C27H23FN4O2. The van der Waals surface area contributed by atoms with Crippen LogP contribution in [0.1, 0.15) is 11.4 Å². The second-order valence-electron chi connectivity index (χ2n) is 8.60. The van der Waals surface area contributed by atoms with Gasteiger partial charge in [-0.15, -0.1) is 0 Å². The Bertz CT molecular complexity index is 1690. The lowest BCUT2D eigenvalue weighted by Crippen LogP contribution is -2.18. The van der Waals surface area contributed by atoms with Crippen LogP contribution in [0.3, 0.4) is 0 Å². The molecular weight excluding hydrogens is 431 g/mol. The lowest BCUT2D eigenvalue weighted by atomic mass is 9.95. The van der Waals surface area contributed by atoms with Gasteiger partial charge in [-0.3, -0.25) is 14.6 Å². The Morgan fingerprint density at radius 1 is 0.824 bits per heavy atom. The van der Waals surface area contributed by atoms with Crippen molar-refractivity contribution in [1.82, 2.24) is 19.1 Å². The van der Waals surface area contributed by atoms with Gasteiger partial charge in [0, 0.05) is 77.3 Å². The van der Waals surface area contributed by atoms with E-state index in [2.05, 4.69) is 9.97 Å². The van der Waals surface area contributed by atoms with E-state index in [0.29, 0.717) is 33.2 Å². The summed E-state index contributed by atoms with van der Waals surface area (Å²) in [5.41, 5.74) is 5.59. The second kappa shape index (κ2) is 7.95. The Morgan fingerprint density at radius 3 is 2.21 bits per heavy atom. The smallest absolute Gasteiger partial charge is 0.274 e. The lowest BCUT2D eigenvalue weighted by molar-refractivity contribution is 0.631. The molecule has 0 saturated carbocycles. The number of aryl methyl sites for hydroxylation is 4. The summed E-state index contributed by atoms with van der Waals surface area (Å²) in [6.07, 6.45) is 3.33. The average Bonchev–Trinajstić information content (AvgIpc) is 3.24. The van der Waals surface area contributed by atoms with Crippen LogP contribution in [0.25, 0.3) is 44.4 Å². The third kappa shape index (κ3) is 3.55. The number of fused-ring (bicyclic) bond motifs is 1. The van der Waals surface area contributed by atoms with Gasteiger partial charge < -0.3 is 14.1 Å². The van der Waals surface area contributed by atoms with Gasteiger partial charge in [0.2, 0.25) is 0 Å². The molecule has 0 unspecified atom stereocenters. The van der Waals surface area contributed by atoms with Crippen molar-refractivity contribution in [2.45, 2.75) is 13.8 Å². The second-order valence-corrected chi connectivity index (χ2v) is 8.60. The zero-order chi connectivity index (χ0) is 24.1. The van der Waals surface area contributed by atoms with E-state index in [1.54, 1.807) is 44.7 Å². The van der Waals surface area contributed by atoms with Crippen LogP contribution in [-0.2, 0) is 14.1 Å². The highest BCUT2D eigenvalue weighted by atomic mass is 19.1. The van der Waals surface area contributed by atoms with Crippen LogP contribution in [0.15, 0.2) is 70.5 Å². The molecule has 0 spiro atoms. The summed E-state index contributed by atoms with van der Waals surface area (Å²) < 4.78 is 17.7. The normalized spacial score (nSPS) is 11.3. The molecule has 0 saturated heterocycles. The molecule has 4 heterocycles. The summed E-state index contributed by atoms with van der Waals surface area (Å²) >= 11 is 0. The number of hydrogen-bond acceptors (Lipinski definition) is 3. The predicted octanol–water partition coefficient (Wildman–Crippen LogP) is 4.72. The molecule has 170 valence electrons. The quantitative estimate of drug-likeness (QED) is 0.429. The van der Waals surface area contributed by atoms with Crippen LogP contribution in [-0.4, -0.2) is 19.1 Å². The van der Waals surface area contributed by atoms with Gasteiger partial charge in [0.25, 0.3) is 11.1 Å². The SMILES string of the molecule is Cc1cc(-c2cc3c(-c4cc(=O)n(C)cc4-c4ccccc4F)cn(C)c(=O)c3[nH]2)cc(C)n1. The molecule has 0 amide bonds. The van der Waals surface area contributed by atoms with Crippen LogP contribution < -0.4 is 11.1 Å². The highest BCUT2D eigenvalue weighted by Crippen LogP contribution is 2.37. The van der Waals surface area contributed by atoms with Crippen molar-refractivity contribution in [3.8, 4) is 33.5 Å². The number of pyridine rings is 3. The summed E-state index contributed by atoms with van der Waals surface area (Å²) in [5, 5.41) is 0.663. The number of benzene rings is 1. The average molecular weight is 455 g/mol. The van der Waals surface area contributed by atoms with Crippen molar-refractivity contribution in [3.05, 3.63) is 98.8 Å². The van der Waals surface area contributed by atoms with Gasteiger partial charge in [0.05, 0.1) is 0 Å². The molecule has 0 aliphatic carbocycles. The van der Waals surface area contributed by atoms with E-state index in [0.717, 1.165) is 22.6 Å². The zero-order valence-corrected chi connectivity index (χ0v) is 19.3. The van der Waals surface area contributed by atoms with E-state index in [4.69, 9.17) is 0 Å². The maximum Gasteiger partial charge on any atom is 0.274 e. The molecule has 1 N–H and O–H groups in total. The number of nitrogens with zero attached hydrogens (tertiary/aromatic N) is 3. The summed E-state index contributed by atoms with van der Waals surface area (Å²) in [4.78, 5) is 33.4. The van der Waals surface area contributed by atoms with Crippen molar-refractivity contribution in [2.24, 2.45) is 14.1 Å². The van der Waals surface area contributed by atoms with Gasteiger partial charge in [-0.25, -0.2) is 4.39 Å². The standard InChI is InChI=1S/C27H23FN4O2/c1-15-9-17(10-16(2)29-15)24-11-20-22(14-32(4)27(34)26(20)30-24)19-12-25(33)31(3)13-21(19)18-7-5-6-8-23(18)28/h5-14,30H,1-4H3. The van der Waals surface area contributed by atoms with Crippen molar-refractivity contribution >= 4 is 10.9 Å². The topological polar surface area (TPSA) is 72.7 Å². The van der Waals surface area contributed by atoms with E-state index in [9.17, 15) is 14.0 Å². The highest BCUT2D eigenvalue weighted by molar-refractivity contribution is 6.00. The van der Waals surface area contributed by atoms with Crippen molar-refractivity contribution in [2.75, 3.05) is 0 Å². The maximum absolute atomic E-state index is 14.8. The third-order valence-electron chi connectivity index (χ3n) is 6.04. The minimum Gasteiger partial charge on any atom is -0.350 e. The van der Waals surface area contributed by atoms with Crippen LogP contribution in [0.4, 0.5) is 4.39 Å². The molecule has 4 aromatic heterocycles. The van der Waals surface area contributed by atoms with E-state index in [1.165, 1.54) is 21.3 Å². The molecule has 5 aromatic rings. The van der Waals surface area contributed by atoms with Gasteiger partial charge in [0.1, 0.15) is 11.3 Å². The Kier molecular flexibility index (Phi) is 5.05. The molecule has 34 heavy (non-hydrogen) atoms. The Morgan fingerprint density at radius 2 is 1.50 bits per heavy atom. The largest absolute Gasteiger partial charge is 0.350 e. The Balaban J connectivity index is 1.85. The number of aromatic nitrogens is 4. The van der Waals surface area contributed by atoms with Gasteiger partial charge in [-0.2, -0.15) is 0 Å². The number of hydrogen-bond donors (Lipinski definition) is 1.